The van der Waals surface area contributed by atoms with Crippen molar-refractivity contribution in [2.24, 2.45) is 0 Å². The number of aromatic nitrogens is 2. The minimum Gasteiger partial charge on any atom is -0.459 e. The highest BCUT2D eigenvalue weighted by molar-refractivity contribution is 5.97. The molecule has 3 aromatic heterocycles. The quantitative estimate of drug-likeness (QED) is 0.778. The van der Waals surface area contributed by atoms with Gasteiger partial charge in [-0.2, -0.15) is 0 Å². The van der Waals surface area contributed by atoms with Crippen LogP contribution in [0, 0.1) is 0 Å². The summed E-state index contributed by atoms with van der Waals surface area (Å²) in [6.45, 7) is 1.97. The molecule has 4 heterocycles. The van der Waals surface area contributed by atoms with Gasteiger partial charge < -0.3 is 19.2 Å². The molecule has 7 heteroatoms. The van der Waals surface area contributed by atoms with Crippen LogP contribution in [0.3, 0.4) is 0 Å². The molecule has 7 nitrogen and oxygen atoms in total. The molecule has 0 aromatic carbocycles. The van der Waals surface area contributed by atoms with Crippen molar-refractivity contribution in [2.75, 3.05) is 26.2 Å². The monoisotopic (exact) mass is 324 g/mol. The highest BCUT2D eigenvalue weighted by atomic mass is 16.3. The van der Waals surface area contributed by atoms with E-state index in [4.69, 9.17) is 4.42 Å². The van der Waals surface area contributed by atoms with Crippen LogP contribution in [0.1, 0.15) is 21.0 Å². The van der Waals surface area contributed by atoms with Crippen LogP contribution in [0.25, 0.3) is 11.0 Å². The Kier molecular flexibility index (Phi) is 3.53. The van der Waals surface area contributed by atoms with Gasteiger partial charge in [-0.05, 0) is 30.3 Å². The molecule has 0 spiro atoms. The zero-order valence-corrected chi connectivity index (χ0v) is 12.9. The van der Waals surface area contributed by atoms with E-state index in [1.54, 1.807) is 34.2 Å². The number of piperazine rings is 1. The first-order chi connectivity index (χ1) is 11.7. The summed E-state index contributed by atoms with van der Waals surface area (Å²) in [6.07, 6.45) is 3.18. The van der Waals surface area contributed by atoms with Gasteiger partial charge in [-0.15, -0.1) is 0 Å². The zero-order valence-electron chi connectivity index (χ0n) is 12.9. The lowest BCUT2D eigenvalue weighted by atomic mass is 10.2. The van der Waals surface area contributed by atoms with Crippen LogP contribution in [0.15, 0.2) is 47.2 Å². The molecule has 1 aliphatic rings. The minimum absolute atomic E-state index is 0.0712. The van der Waals surface area contributed by atoms with Gasteiger partial charge in [0.05, 0.1) is 17.3 Å². The summed E-state index contributed by atoms with van der Waals surface area (Å²) >= 11 is 0. The van der Waals surface area contributed by atoms with Gasteiger partial charge >= 0.3 is 0 Å². The highest BCUT2D eigenvalue weighted by Crippen LogP contribution is 2.16. The maximum atomic E-state index is 12.6. The SMILES string of the molecule is O=C(c1cc2ncccc2[nH]1)N1CCN(C(=O)c2ccco2)CC1. The predicted octanol–water partition coefficient (Wildman–Crippen LogP) is 1.75. The van der Waals surface area contributed by atoms with Crippen molar-refractivity contribution in [1.82, 2.24) is 19.8 Å². The Morgan fingerprint density at radius 2 is 1.79 bits per heavy atom. The Morgan fingerprint density at radius 1 is 1.04 bits per heavy atom. The molecule has 0 bridgehead atoms. The summed E-state index contributed by atoms with van der Waals surface area (Å²) in [5.74, 6) is 0.122. The summed E-state index contributed by atoms with van der Waals surface area (Å²) in [7, 11) is 0. The summed E-state index contributed by atoms with van der Waals surface area (Å²) in [6, 6.07) is 8.82. The van der Waals surface area contributed by atoms with Crippen molar-refractivity contribution in [3.63, 3.8) is 0 Å². The van der Waals surface area contributed by atoms with E-state index >= 15 is 0 Å². The van der Waals surface area contributed by atoms with E-state index in [-0.39, 0.29) is 11.8 Å². The van der Waals surface area contributed by atoms with Crippen molar-refractivity contribution >= 4 is 22.8 Å². The number of H-pyrrole nitrogens is 1. The molecule has 0 atom stereocenters. The molecule has 0 unspecified atom stereocenters. The van der Waals surface area contributed by atoms with Gasteiger partial charge in [-0.3, -0.25) is 14.6 Å². The number of carbonyl (C=O) groups is 2. The maximum absolute atomic E-state index is 12.6. The fourth-order valence-electron chi connectivity index (χ4n) is 2.91. The fourth-order valence-corrected chi connectivity index (χ4v) is 2.91. The lowest BCUT2D eigenvalue weighted by Crippen LogP contribution is -2.50. The third-order valence-electron chi connectivity index (χ3n) is 4.21. The smallest absolute Gasteiger partial charge is 0.289 e. The molecular formula is C17H16N4O3. The number of fused-ring (bicyclic) bond motifs is 1. The minimum atomic E-state index is -0.137. The molecule has 1 saturated heterocycles. The first-order valence-electron chi connectivity index (χ1n) is 7.78. The molecule has 4 rings (SSSR count). The first kappa shape index (κ1) is 14.5. The van der Waals surface area contributed by atoms with E-state index in [1.165, 1.54) is 6.26 Å². The third-order valence-corrected chi connectivity index (χ3v) is 4.21. The van der Waals surface area contributed by atoms with E-state index in [1.807, 2.05) is 12.1 Å². The van der Waals surface area contributed by atoms with Gasteiger partial charge in [-0.25, -0.2) is 0 Å². The lowest BCUT2D eigenvalue weighted by Gasteiger charge is -2.34. The van der Waals surface area contributed by atoms with Crippen molar-refractivity contribution in [3.8, 4) is 0 Å². The highest BCUT2D eigenvalue weighted by Gasteiger charge is 2.27. The largest absolute Gasteiger partial charge is 0.459 e. The Bertz CT molecular complexity index is 843. The molecule has 0 radical (unpaired) electrons. The topological polar surface area (TPSA) is 82.4 Å². The van der Waals surface area contributed by atoms with Crippen LogP contribution in [0.4, 0.5) is 0 Å². The number of hydrogen-bond donors (Lipinski definition) is 1. The van der Waals surface area contributed by atoms with Gasteiger partial charge in [-0.1, -0.05) is 0 Å². The van der Waals surface area contributed by atoms with E-state index in [2.05, 4.69) is 9.97 Å². The van der Waals surface area contributed by atoms with Gasteiger partial charge in [0.2, 0.25) is 0 Å². The van der Waals surface area contributed by atoms with E-state index < -0.39 is 0 Å². The first-order valence-corrected chi connectivity index (χ1v) is 7.78. The number of carbonyl (C=O) groups excluding carboxylic acids is 2. The molecular weight excluding hydrogens is 308 g/mol. The summed E-state index contributed by atoms with van der Waals surface area (Å²) in [4.78, 5) is 35.6. The molecule has 122 valence electrons. The summed E-state index contributed by atoms with van der Waals surface area (Å²) in [5.41, 5.74) is 2.13. The standard InChI is InChI=1S/C17H16N4O3/c22-16(14-11-13-12(19-14)3-1-5-18-13)20-6-8-21(9-7-20)17(23)15-4-2-10-24-15/h1-5,10-11,19H,6-9H2. The Hall–Kier alpha value is -3.09. The van der Waals surface area contributed by atoms with Crippen LogP contribution in [0.5, 0.6) is 0 Å². The van der Waals surface area contributed by atoms with Crippen LogP contribution >= 0.6 is 0 Å². The van der Waals surface area contributed by atoms with E-state index in [0.717, 1.165) is 11.0 Å². The molecule has 1 aliphatic heterocycles. The Balaban J connectivity index is 1.43. The van der Waals surface area contributed by atoms with Crippen molar-refractivity contribution in [1.29, 1.82) is 0 Å². The van der Waals surface area contributed by atoms with Gasteiger partial charge in [0.25, 0.3) is 11.8 Å². The number of pyridine rings is 1. The molecule has 3 aromatic rings. The molecule has 24 heavy (non-hydrogen) atoms. The summed E-state index contributed by atoms with van der Waals surface area (Å²) in [5, 5.41) is 0. The van der Waals surface area contributed by atoms with Gasteiger partial charge in [0, 0.05) is 32.4 Å². The Labute approximate surface area is 137 Å². The lowest BCUT2D eigenvalue weighted by molar-refractivity contribution is 0.0516. The number of rotatable bonds is 2. The average Bonchev–Trinajstić information content (AvgIpc) is 3.30. The predicted molar refractivity (Wildman–Crippen MR) is 86.6 cm³/mol. The van der Waals surface area contributed by atoms with Gasteiger partial charge in [0.15, 0.2) is 5.76 Å². The molecule has 2 amide bonds. The molecule has 1 fully saturated rings. The van der Waals surface area contributed by atoms with Crippen LogP contribution in [0.2, 0.25) is 0 Å². The Morgan fingerprint density at radius 3 is 2.46 bits per heavy atom. The maximum Gasteiger partial charge on any atom is 0.289 e. The average molecular weight is 324 g/mol. The number of hydrogen-bond acceptors (Lipinski definition) is 4. The van der Waals surface area contributed by atoms with E-state index in [0.29, 0.717) is 37.6 Å². The number of nitrogens with zero attached hydrogens (tertiary/aromatic N) is 3. The summed E-state index contributed by atoms with van der Waals surface area (Å²) < 4.78 is 5.14. The third kappa shape index (κ3) is 2.54. The van der Waals surface area contributed by atoms with Crippen molar-refractivity contribution in [2.45, 2.75) is 0 Å². The number of amides is 2. The van der Waals surface area contributed by atoms with Crippen molar-refractivity contribution in [3.05, 3.63) is 54.2 Å². The normalized spacial score (nSPS) is 15.0. The van der Waals surface area contributed by atoms with Crippen molar-refractivity contribution < 1.29 is 14.0 Å². The second-order valence-electron chi connectivity index (χ2n) is 5.68. The fraction of sp³-hybridized carbons (Fsp3) is 0.235. The number of furan rings is 1. The van der Waals surface area contributed by atoms with Gasteiger partial charge in [0.1, 0.15) is 5.69 Å². The number of nitrogens with one attached hydrogen (secondary N) is 1. The van der Waals surface area contributed by atoms with E-state index in [9.17, 15) is 9.59 Å². The number of aromatic amines is 1. The second-order valence-corrected chi connectivity index (χ2v) is 5.68. The van der Waals surface area contributed by atoms with Crippen LogP contribution in [-0.2, 0) is 0 Å². The zero-order chi connectivity index (χ0) is 16.5. The molecule has 0 aliphatic carbocycles. The molecule has 0 saturated carbocycles. The van der Waals surface area contributed by atoms with Crippen LogP contribution < -0.4 is 0 Å². The van der Waals surface area contributed by atoms with Crippen LogP contribution in [-0.4, -0.2) is 57.8 Å². The second kappa shape index (κ2) is 5.84. The molecule has 1 N–H and O–H groups in total.